The highest BCUT2D eigenvalue weighted by atomic mass is 19.4. The fraction of sp³-hybridized carbons (Fsp3) is 0.214. The molecule has 2 amide bonds. The van der Waals surface area contributed by atoms with Crippen LogP contribution in [0.5, 0.6) is 0 Å². The lowest BCUT2D eigenvalue weighted by atomic mass is 9.93. The minimum absolute atomic E-state index is 0.0794. The number of hydrogen-bond acceptors (Lipinski definition) is 5. The fourth-order valence-corrected chi connectivity index (χ4v) is 1.82. The molecular weight excluding hydrogens is 331 g/mol. The summed E-state index contributed by atoms with van der Waals surface area (Å²) in [5.74, 6) is -2.69. The maximum Gasteiger partial charge on any atom is 0.423 e. The summed E-state index contributed by atoms with van der Waals surface area (Å²) >= 11 is 0. The molecule has 0 bridgehead atoms. The highest BCUT2D eigenvalue weighted by Gasteiger charge is 2.55. The lowest BCUT2D eigenvalue weighted by Gasteiger charge is -2.31. The van der Waals surface area contributed by atoms with Crippen molar-refractivity contribution < 1.29 is 32.4 Å². The molecule has 3 N–H and O–H groups in total. The Balaban J connectivity index is 2.08. The van der Waals surface area contributed by atoms with Crippen LogP contribution in [0.1, 0.15) is 5.56 Å². The van der Waals surface area contributed by atoms with Gasteiger partial charge in [0.15, 0.2) is 5.82 Å². The van der Waals surface area contributed by atoms with Crippen molar-refractivity contribution in [2.24, 2.45) is 0 Å². The van der Waals surface area contributed by atoms with Gasteiger partial charge in [-0.25, -0.2) is 0 Å². The topological polar surface area (TPSA) is 104 Å². The van der Waals surface area contributed by atoms with Gasteiger partial charge in [0, 0.05) is 6.07 Å². The van der Waals surface area contributed by atoms with Crippen LogP contribution in [0, 0.1) is 0 Å². The van der Waals surface area contributed by atoms with E-state index in [-0.39, 0.29) is 5.82 Å². The molecule has 1 atom stereocenters. The summed E-state index contributed by atoms with van der Waals surface area (Å²) in [4.78, 5) is 23.2. The molecule has 0 unspecified atom stereocenters. The molecule has 10 heteroatoms. The maximum absolute atomic E-state index is 13.2. The Kier molecular flexibility index (Phi) is 4.88. The number of nitrogens with one attached hydrogen (secondary N) is 2. The number of aliphatic hydroxyl groups is 1. The predicted molar refractivity (Wildman–Crippen MR) is 74.5 cm³/mol. The van der Waals surface area contributed by atoms with Crippen LogP contribution in [0.25, 0.3) is 0 Å². The first kappa shape index (κ1) is 17.5. The standard InChI is InChI=1S/C14H12F3N3O4/c15-14(16,17)13(23,9-4-2-1-3-5-9)8-18-11(21)12(22)19-10-6-7-24-20-10/h1-7,23H,8H2,(H,18,21)(H,19,20,22)/t13-/m0/s1. The SMILES string of the molecule is O=C(NC[C@](O)(c1ccccc1)C(F)(F)F)C(=O)Nc1ccon1. The second-order valence-electron chi connectivity index (χ2n) is 4.75. The van der Waals surface area contributed by atoms with Gasteiger partial charge in [-0.3, -0.25) is 14.9 Å². The molecule has 0 saturated heterocycles. The molecule has 128 valence electrons. The molecule has 2 aromatic rings. The molecule has 1 heterocycles. The van der Waals surface area contributed by atoms with Crippen molar-refractivity contribution in [3.05, 3.63) is 48.2 Å². The van der Waals surface area contributed by atoms with E-state index in [1.807, 2.05) is 5.32 Å². The summed E-state index contributed by atoms with van der Waals surface area (Å²) in [6, 6.07) is 7.46. The molecule has 7 nitrogen and oxygen atoms in total. The normalized spacial score (nSPS) is 13.8. The third-order valence-corrected chi connectivity index (χ3v) is 3.11. The Morgan fingerprint density at radius 2 is 1.79 bits per heavy atom. The van der Waals surface area contributed by atoms with Gasteiger partial charge in [0.25, 0.3) is 0 Å². The van der Waals surface area contributed by atoms with Crippen molar-refractivity contribution in [2.45, 2.75) is 11.8 Å². The number of alkyl halides is 3. The number of benzene rings is 1. The van der Waals surface area contributed by atoms with E-state index in [0.717, 1.165) is 18.4 Å². The second kappa shape index (κ2) is 6.71. The number of anilines is 1. The van der Waals surface area contributed by atoms with Gasteiger partial charge in [-0.1, -0.05) is 35.5 Å². The van der Waals surface area contributed by atoms with Gasteiger partial charge >= 0.3 is 18.0 Å². The average molecular weight is 343 g/mol. The van der Waals surface area contributed by atoms with Crippen LogP contribution < -0.4 is 10.6 Å². The minimum atomic E-state index is -5.07. The van der Waals surface area contributed by atoms with Crippen molar-refractivity contribution in [1.29, 1.82) is 0 Å². The van der Waals surface area contributed by atoms with Crippen LogP contribution in [-0.2, 0) is 15.2 Å². The Hall–Kier alpha value is -2.88. The van der Waals surface area contributed by atoms with Gasteiger partial charge in [-0.2, -0.15) is 13.2 Å². The first-order chi connectivity index (χ1) is 11.2. The fourth-order valence-electron chi connectivity index (χ4n) is 1.82. The Bertz CT molecular complexity index is 704. The number of carbonyl (C=O) groups excluding carboxylic acids is 2. The van der Waals surface area contributed by atoms with Crippen LogP contribution in [0.3, 0.4) is 0 Å². The maximum atomic E-state index is 13.2. The number of rotatable bonds is 4. The third kappa shape index (κ3) is 3.71. The van der Waals surface area contributed by atoms with E-state index in [2.05, 4.69) is 9.68 Å². The lowest BCUT2D eigenvalue weighted by molar-refractivity contribution is -0.264. The predicted octanol–water partition coefficient (Wildman–Crippen LogP) is 1.18. The monoisotopic (exact) mass is 343 g/mol. The highest BCUT2D eigenvalue weighted by molar-refractivity contribution is 6.39. The summed E-state index contributed by atoms with van der Waals surface area (Å²) in [5, 5.41) is 17.1. The summed E-state index contributed by atoms with van der Waals surface area (Å²) in [7, 11) is 0. The van der Waals surface area contributed by atoms with Crippen molar-refractivity contribution in [1.82, 2.24) is 10.5 Å². The minimum Gasteiger partial charge on any atom is -0.375 e. The molecule has 2 rings (SSSR count). The summed E-state index contributed by atoms with van der Waals surface area (Å²) in [5.41, 5.74) is -3.80. The molecule has 0 spiro atoms. The molecule has 0 aliphatic rings. The van der Waals surface area contributed by atoms with E-state index < -0.39 is 35.7 Å². The summed E-state index contributed by atoms with van der Waals surface area (Å²) in [6.45, 7) is -1.23. The van der Waals surface area contributed by atoms with Crippen LogP contribution in [0.4, 0.5) is 19.0 Å². The average Bonchev–Trinajstić information content (AvgIpc) is 3.04. The van der Waals surface area contributed by atoms with E-state index in [4.69, 9.17) is 0 Å². The Labute approximate surface area is 133 Å². The van der Waals surface area contributed by atoms with Crippen molar-refractivity contribution >= 4 is 17.6 Å². The van der Waals surface area contributed by atoms with E-state index >= 15 is 0 Å². The molecule has 0 saturated carbocycles. The zero-order chi connectivity index (χ0) is 17.8. The molecule has 24 heavy (non-hydrogen) atoms. The number of hydrogen-bond donors (Lipinski definition) is 3. The van der Waals surface area contributed by atoms with Crippen molar-refractivity contribution in [3.63, 3.8) is 0 Å². The van der Waals surface area contributed by atoms with E-state index in [1.165, 1.54) is 24.3 Å². The van der Waals surface area contributed by atoms with Gasteiger partial charge < -0.3 is 14.9 Å². The van der Waals surface area contributed by atoms with Crippen LogP contribution in [0.15, 0.2) is 47.2 Å². The first-order valence-corrected chi connectivity index (χ1v) is 6.58. The van der Waals surface area contributed by atoms with Crippen LogP contribution in [-0.4, -0.2) is 34.8 Å². The molecule has 0 radical (unpaired) electrons. The van der Waals surface area contributed by atoms with Crippen LogP contribution >= 0.6 is 0 Å². The smallest absolute Gasteiger partial charge is 0.375 e. The second-order valence-corrected chi connectivity index (χ2v) is 4.75. The van der Waals surface area contributed by atoms with E-state index in [1.54, 1.807) is 5.32 Å². The van der Waals surface area contributed by atoms with Gasteiger partial charge in [-0.05, 0) is 5.56 Å². The van der Waals surface area contributed by atoms with Gasteiger partial charge in [0.1, 0.15) is 6.26 Å². The van der Waals surface area contributed by atoms with E-state index in [9.17, 15) is 27.9 Å². The number of halogens is 3. The summed E-state index contributed by atoms with van der Waals surface area (Å²) < 4.78 is 44.1. The third-order valence-electron chi connectivity index (χ3n) is 3.11. The van der Waals surface area contributed by atoms with Gasteiger partial charge in [0.05, 0.1) is 6.54 Å². The molecule has 1 aromatic heterocycles. The van der Waals surface area contributed by atoms with Gasteiger partial charge in [-0.15, -0.1) is 0 Å². The van der Waals surface area contributed by atoms with E-state index in [0.29, 0.717) is 0 Å². The largest absolute Gasteiger partial charge is 0.423 e. The number of amides is 2. The lowest BCUT2D eigenvalue weighted by Crippen LogP contribution is -2.52. The number of carbonyl (C=O) groups is 2. The molecule has 0 fully saturated rings. The molecule has 0 aliphatic heterocycles. The summed E-state index contributed by atoms with van der Waals surface area (Å²) in [6.07, 6.45) is -3.93. The van der Waals surface area contributed by atoms with Crippen molar-refractivity contribution in [3.8, 4) is 0 Å². The van der Waals surface area contributed by atoms with Gasteiger partial charge in [0.2, 0.25) is 5.60 Å². The zero-order valence-corrected chi connectivity index (χ0v) is 12.0. The number of nitrogens with zero attached hydrogens (tertiary/aromatic N) is 1. The molecule has 1 aromatic carbocycles. The van der Waals surface area contributed by atoms with Crippen molar-refractivity contribution in [2.75, 3.05) is 11.9 Å². The molecule has 0 aliphatic carbocycles. The zero-order valence-electron chi connectivity index (χ0n) is 12.0. The number of aromatic nitrogens is 1. The Morgan fingerprint density at radius 3 is 2.33 bits per heavy atom. The first-order valence-electron chi connectivity index (χ1n) is 6.58. The molecular formula is C14H12F3N3O4. The Morgan fingerprint density at radius 1 is 1.12 bits per heavy atom. The van der Waals surface area contributed by atoms with Crippen LogP contribution in [0.2, 0.25) is 0 Å². The highest BCUT2D eigenvalue weighted by Crippen LogP contribution is 2.38. The quantitative estimate of drug-likeness (QED) is 0.723.